The molecule has 1 aliphatic rings. The quantitative estimate of drug-likeness (QED) is 0.895. The van der Waals surface area contributed by atoms with Gasteiger partial charge in [0.05, 0.1) is 5.92 Å². The summed E-state index contributed by atoms with van der Waals surface area (Å²) in [6.07, 6.45) is 4.03. The van der Waals surface area contributed by atoms with E-state index in [9.17, 15) is 9.90 Å². The second kappa shape index (κ2) is 6.02. The lowest BCUT2D eigenvalue weighted by atomic mass is 9.91. The van der Waals surface area contributed by atoms with Crippen LogP contribution in [-0.4, -0.2) is 11.1 Å². The van der Waals surface area contributed by atoms with E-state index in [0.717, 1.165) is 28.4 Å². The van der Waals surface area contributed by atoms with Gasteiger partial charge in [0.2, 0.25) is 0 Å². The van der Waals surface area contributed by atoms with Crippen LogP contribution in [0.4, 0.5) is 0 Å². The van der Waals surface area contributed by atoms with Gasteiger partial charge in [0.25, 0.3) is 0 Å². The second-order valence-electron chi connectivity index (χ2n) is 5.61. The highest BCUT2D eigenvalue weighted by atomic mass is 79.9. The fourth-order valence-electron chi connectivity index (χ4n) is 3.06. The third kappa shape index (κ3) is 3.18. The molecule has 2 aromatic carbocycles. The average Bonchev–Trinajstić information content (AvgIpc) is 2.92. The molecule has 2 nitrogen and oxygen atoms in total. The van der Waals surface area contributed by atoms with Crippen LogP contribution in [0.15, 0.2) is 46.9 Å². The van der Waals surface area contributed by atoms with E-state index in [4.69, 9.17) is 0 Å². The Labute approximate surface area is 132 Å². The third-order valence-corrected chi connectivity index (χ3v) is 4.65. The normalized spacial score (nSPS) is 14.7. The molecule has 1 N–H and O–H groups in total. The molecule has 3 heteroatoms. The number of carboxylic acids is 1. The maximum Gasteiger partial charge on any atom is 0.311 e. The molecule has 1 aliphatic carbocycles. The molecular weight excluding hydrogens is 328 g/mol. The Morgan fingerprint density at radius 1 is 1.14 bits per heavy atom. The minimum atomic E-state index is -0.770. The Balaban J connectivity index is 1.87. The van der Waals surface area contributed by atoms with Crippen LogP contribution in [0.2, 0.25) is 0 Å². The lowest BCUT2D eigenvalue weighted by molar-refractivity contribution is -0.138. The highest BCUT2D eigenvalue weighted by Crippen LogP contribution is 2.27. The highest BCUT2D eigenvalue weighted by Gasteiger charge is 2.21. The van der Waals surface area contributed by atoms with Gasteiger partial charge in [-0.1, -0.05) is 46.3 Å². The first-order valence-electron chi connectivity index (χ1n) is 7.22. The number of carboxylic acid groups (broad SMARTS) is 1. The molecule has 0 saturated heterocycles. The molecule has 1 atom stereocenters. The Morgan fingerprint density at radius 2 is 1.95 bits per heavy atom. The minimum Gasteiger partial charge on any atom is -0.481 e. The Bertz CT molecular complexity index is 679. The molecule has 1 unspecified atom stereocenters. The molecule has 0 bridgehead atoms. The first-order valence-corrected chi connectivity index (χ1v) is 8.02. The molecule has 0 amide bonds. The van der Waals surface area contributed by atoms with Gasteiger partial charge in [-0.15, -0.1) is 0 Å². The summed E-state index contributed by atoms with van der Waals surface area (Å²) in [7, 11) is 0. The van der Waals surface area contributed by atoms with E-state index < -0.39 is 11.9 Å². The lowest BCUT2D eigenvalue weighted by Crippen LogP contribution is -2.14. The van der Waals surface area contributed by atoms with Crippen LogP contribution in [0.25, 0.3) is 0 Å². The summed E-state index contributed by atoms with van der Waals surface area (Å²) in [6, 6.07) is 14.0. The Morgan fingerprint density at radius 3 is 2.71 bits per heavy atom. The molecule has 0 spiro atoms. The summed E-state index contributed by atoms with van der Waals surface area (Å²) in [5, 5.41) is 9.56. The molecule has 21 heavy (non-hydrogen) atoms. The summed E-state index contributed by atoms with van der Waals surface area (Å²) >= 11 is 3.41. The fourth-order valence-corrected chi connectivity index (χ4v) is 3.48. The summed E-state index contributed by atoms with van der Waals surface area (Å²) in [5.74, 6) is -1.27. The van der Waals surface area contributed by atoms with Crippen molar-refractivity contribution in [3.8, 4) is 0 Å². The van der Waals surface area contributed by atoms with Gasteiger partial charge in [0.1, 0.15) is 0 Å². The van der Waals surface area contributed by atoms with Crippen molar-refractivity contribution in [2.45, 2.75) is 31.6 Å². The maximum absolute atomic E-state index is 11.6. The predicted molar refractivity (Wildman–Crippen MR) is 86.7 cm³/mol. The van der Waals surface area contributed by atoms with Gasteiger partial charge in [-0.2, -0.15) is 0 Å². The van der Waals surface area contributed by atoms with Crippen LogP contribution in [0.5, 0.6) is 0 Å². The zero-order valence-electron chi connectivity index (χ0n) is 11.7. The molecule has 0 aliphatic heterocycles. The molecule has 0 heterocycles. The third-order valence-electron chi connectivity index (χ3n) is 4.15. The topological polar surface area (TPSA) is 37.3 Å². The van der Waals surface area contributed by atoms with Gasteiger partial charge in [-0.05, 0) is 60.1 Å². The van der Waals surface area contributed by atoms with Crippen molar-refractivity contribution in [1.29, 1.82) is 0 Å². The first kappa shape index (κ1) is 14.3. The zero-order valence-corrected chi connectivity index (χ0v) is 13.3. The molecule has 0 radical (unpaired) electrons. The first-order chi connectivity index (χ1) is 10.1. The fraction of sp³-hybridized carbons (Fsp3) is 0.278. The van der Waals surface area contributed by atoms with Gasteiger partial charge >= 0.3 is 5.97 Å². The molecule has 2 aromatic rings. The van der Waals surface area contributed by atoms with Crippen LogP contribution >= 0.6 is 15.9 Å². The Kier molecular flexibility index (Phi) is 4.11. The van der Waals surface area contributed by atoms with Gasteiger partial charge in [0.15, 0.2) is 0 Å². The number of aryl methyl sites for hydroxylation is 2. The van der Waals surface area contributed by atoms with Crippen molar-refractivity contribution < 1.29 is 9.90 Å². The van der Waals surface area contributed by atoms with E-state index in [0.29, 0.717) is 6.42 Å². The summed E-state index contributed by atoms with van der Waals surface area (Å²) in [6.45, 7) is 0. The number of hydrogen-bond acceptors (Lipinski definition) is 1. The van der Waals surface area contributed by atoms with E-state index in [1.54, 1.807) is 0 Å². The molecule has 0 aromatic heterocycles. The lowest BCUT2D eigenvalue weighted by Gasteiger charge is -2.14. The average molecular weight is 345 g/mol. The van der Waals surface area contributed by atoms with Gasteiger partial charge in [-0.25, -0.2) is 0 Å². The van der Waals surface area contributed by atoms with Crippen molar-refractivity contribution in [3.05, 3.63) is 69.2 Å². The van der Waals surface area contributed by atoms with Crippen molar-refractivity contribution in [2.24, 2.45) is 0 Å². The van der Waals surface area contributed by atoms with Crippen LogP contribution in [0.1, 0.15) is 34.6 Å². The number of fused-ring (bicyclic) bond motifs is 1. The van der Waals surface area contributed by atoms with Crippen LogP contribution in [0.3, 0.4) is 0 Å². The smallest absolute Gasteiger partial charge is 0.311 e. The van der Waals surface area contributed by atoms with E-state index in [1.807, 2.05) is 24.3 Å². The van der Waals surface area contributed by atoms with E-state index >= 15 is 0 Å². The Hall–Kier alpha value is -1.61. The monoisotopic (exact) mass is 344 g/mol. The van der Waals surface area contributed by atoms with Crippen molar-refractivity contribution in [3.63, 3.8) is 0 Å². The van der Waals surface area contributed by atoms with Crippen molar-refractivity contribution >= 4 is 21.9 Å². The van der Waals surface area contributed by atoms with E-state index in [1.165, 1.54) is 17.5 Å². The van der Waals surface area contributed by atoms with Crippen LogP contribution in [0, 0.1) is 0 Å². The number of halogens is 1. The second-order valence-corrected chi connectivity index (χ2v) is 6.52. The summed E-state index contributed by atoms with van der Waals surface area (Å²) < 4.78 is 0.917. The molecular formula is C18H17BrO2. The molecule has 108 valence electrons. The zero-order chi connectivity index (χ0) is 14.8. The van der Waals surface area contributed by atoms with Gasteiger partial charge in [-0.3, -0.25) is 4.79 Å². The van der Waals surface area contributed by atoms with Gasteiger partial charge < -0.3 is 5.11 Å². The van der Waals surface area contributed by atoms with Crippen molar-refractivity contribution in [2.75, 3.05) is 0 Å². The predicted octanol–water partition coefficient (Wildman–Crippen LogP) is 4.35. The maximum atomic E-state index is 11.6. The van der Waals surface area contributed by atoms with E-state index in [2.05, 4.69) is 34.1 Å². The summed E-state index contributed by atoms with van der Waals surface area (Å²) in [5.41, 5.74) is 4.78. The summed E-state index contributed by atoms with van der Waals surface area (Å²) in [4.78, 5) is 11.6. The number of aliphatic carboxylic acids is 1. The van der Waals surface area contributed by atoms with Gasteiger partial charge in [0, 0.05) is 4.47 Å². The van der Waals surface area contributed by atoms with Crippen molar-refractivity contribution in [1.82, 2.24) is 0 Å². The number of carbonyl (C=O) groups is 1. The standard InChI is InChI=1S/C18H17BrO2/c19-16-6-2-5-15(11-16)17(18(20)21)10-12-7-8-13-3-1-4-14(13)9-12/h2,5-9,11,17H,1,3-4,10H2,(H,20,21). The highest BCUT2D eigenvalue weighted by molar-refractivity contribution is 9.10. The number of hydrogen-bond donors (Lipinski definition) is 1. The number of rotatable bonds is 4. The SMILES string of the molecule is O=C(O)C(Cc1ccc2c(c1)CCC2)c1cccc(Br)c1. The molecule has 0 fully saturated rings. The minimum absolute atomic E-state index is 0.498. The number of benzene rings is 2. The van der Waals surface area contributed by atoms with E-state index in [-0.39, 0.29) is 0 Å². The van der Waals surface area contributed by atoms with Crippen LogP contribution in [-0.2, 0) is 24.1 Å². The largest absolute Gasteiger partial charge is 0.481 e. The molecule has 3 rings (SSSR count). The molecule has 0 saturated carbocycles. The van der Waals surface area contributed by atoms with Crippen LogP contribution < -0.4 is 0 Å².